The fourth-order valence-corrected chi connectivity index (χ4v) is 1.32. The van der Waals surface area contributed by atoms with Crippen LogP contribution >= 0.6 is 11.6 Å². The Morgan fingerprint density at radius 2 is 2.08 bits per heavy atom. The number of nitrogens with one attached hydrogen (secondary N) is 2. The summed E-state index contributed by atoms with van der Waals surface area (Å²) in [6, 6.07) is 2.55. The molecular formula is C7H4ClFN2O. The highest BCUT2D eigenvalue weighted by Crippen LogP contribution is 2.20. The molecule has 0 unspecified atom stereocenters. The number of hydrogen-bond acceptors (Lipinski definition) is 1. The first-order valence-electron chi connectivity index (χ1n) is 3.24. The molecule has 12 heavy (non-hydrogen) atoms. The molecule has 5 heteroatoms. The molecule has 0 amide bonds. The van der Waals surface area contributed by atoms with Crippen molar-refractivity contribution in [3.63, 3.8) is 0 Å². The van der Waals surface area contributed by atoms with Crippen molar-refractivity contribution in [1.82, 2.24) is 10.2 Å². The van der Waals surface area contributed by atoms with E-state index in [1.165, 1.54) is 12.1 Å². The van der Waals surface area contributed by atoms with E-state index in [2.05, 4.69) is 10.2 Å². The molecule has 1 heterocycles. The van der Waals surface area contributed by atoms with E-state index in [1.807, 2.05) is 0 Å². The van der Waals surface area contributed by atoms with Crippen LogP contribution in [0.2, 0.25) is 5.02 Å². The van der Waals surface area contributed by atoms with Crippen molar-refractivity contribution in [3.8, 4) is 0 Å². The average molecular weight is 187 g/mol. The first-order valence-corrected chi connectivity index (χ1v) is 3.62. The van der Waals surface area contributed by atoms with Gasteiger partial charge in [0.25, 0.3) is 5.56 Å². The summed E-state index contributed by atoms with van der Waals surface area (Å²) < 4.78 is 12.9. The molecule has 0 bridgehead atoms. The third kappa shape index (κ3) is 0.848. The molecule has 1 aromatic heterocycles. The van der Waals surface area contributed by atoms with Gasteiger partial charge in [0.1, 0.15) is 11.3 Å². The van der Waals surface area contributed by atoms with Gasteiger partial charge in [-0.1, -0.05) is 11.6 Å². The van der Waals surface area contributed by atoms with Gasteiger partial charge >= 0.3 is 0 Å². The van der Waals surface area contributed by atoms with Crippen molar-refractivity contribution >= 4 is 22.5 Å². The average Bonchev–Trinajstić information content (AvgIpc) is 2.42. The van der Waals surface area contributed by atoms with Crippen LogP contribution in [-0.4, -0.2) is 10.2 Å². The van der Waals surface area contributed by atoms with Crippen LogP contribution in [0.3, 0.4) is 0 Å². The minimum atomic E-state index is -0.493. The van der Waals surface area contributed by atoms with Gasteiger partial charge in [0.15, 0.2) is 0 Å². The van der Waals surface area contributed by atoms with E-state index < -0.39 is 11.4 Å². The van der Waals surface area contributed by atoms with E-state index in [0.29, 0.717) is 0 Å². The van der Waals surface area contributed by atoms with Gasteiger partial charge in [-0.25, -0.2) is 4.39 Å². The van der Waals surface area contributed by atoms with Crippen LogP contribution in [-0.2, 0) is 0 Å². The van der Waals surface area contributed by atoms with Gasteiger partial charge < -0.3 is 0 Å². The lowest BCUT2D eigenvalue weighted by Crippen LogP contribution is -1.97. The molecule has 62 valence electrons. The second-order valence-electron chi connectivity index (χ2n) is 2.36. The molecule has 2 N–H and O–H groups in total. The summed E-state index contributed by atoms with van der Waals surface area (Å²) in [4.78, 5) is 11.0. The van der Waals surface area contributed by atoms with Crippen molar-refractivity contribution in [1.29, 1.82) is 0 Å². The quantitative estimate of drug-likeness (QED) is 0.646. The Hall–Kier alpha value is -1.29. The summed E-state index contributed by atoms with van der Waals surface area (Å²) in [7, 11) is 0. The Balaban J connectivity index is 3.09. The van der Waals surface area contributed by atoms with Gasteiger partial charge in [0.2, 0.25) is 0 Å². The largest absolute Gasteiger partial charge is 0.295 e. The molecule has 0 aliphatic carbocycles. The highest BCUT2D eigenvalue weighted by atomic mass is 35.5. The van der Waals surface area contributed by atoms with Gasteiger partial charge in [0.05, 0.1) is 10.4 Å². The molecule has 0 aliphatic rings. The van der Waals surface area contributed by atoms with E-state index in [4.69, 9.17) is 11.6 Å². The van der Waals surface area contributed by atoms with Crippen LogP contribution in [0.25, 0.3) is 10.9 Å². The number of benzene rings is 1. The molecule has 0 saturated carbocycles. The summed E-state index contributed by atoms with van der Waals surface area (Å²) in [6.45, 7) is 0. The number of aromatic nitrogens is 2. The number of halogens is 2. The highest BCUT2D eigenvalue weighted by molar-refractivity contribution is 6.35. The maximum atomic E-state index is 12.9. The zero-order chi connectivity index (χ0) is 8.72. The lowest BCUT2D eigenvalue weighted by molar-refractivity contribution is 0.636. The van der Waals surface area contributed by atoms with Crippen LogP contribution in [0.4, 0.5) is 4.39 Å². The number of aromatic amines is 2. The third-order valence-electron chi connectivity index (χ3n) is 1.63. The van der Waals surface area contributed by atoms with E-state index in [1.54, 1.807) is 0 Å². The second-order valence-corrected chi connectivity index (χ2v) is 2.77. The van der Waals surface area contributed by atoms with E-state index >= 15 is 0 Å². The Morgan fingerprint density at radius 3 is 2.75 bits per heavy atom. The fraction of sp³-hybridized carbons (Fsp3) is 0. The van der Waals surface area contributed by atoms with E-state index in [0.717, 1.165) is 0 Å². The summed E-state index contributed by atoms with van der Waals surface area (Å²) in [5, 5.41) is 5.06. The molecule has 1 aromatic carbocycles. The summed E-state index contributed by atoms with van der Waals surface area (Å²) >= 11 is 5.67. The van der Waals surface area contributed by atoms with Crippen LogP contribution in [0, 0.1) is 5.82 Å². The highest BCUT2D eigenvalue weighted by Gasteiger charge is 2.08. The predicted molar refractivity (Wildman–Crippen MR) is 43.9 cm³/mol. The van der Waals surface area contributed by atoms with Crippen LogP contribution in [0.5, 0.6) is 0 Å². The molecule has 0 fully saturated rings. The molecule has 0 saturated heterocycles. The lowest BCUT2D eigenvalue weighted by Gasteiger charge is -1.91. The molecule has 0 spiro atoms. The smallest absolute Gasteiger partial charge is 0.273 e. The summed E-state index contributed by atoms with van der Waals surface area (Å²) in [5.74, 6) is -0.493. The van der Waals surface area contributed by atoms with Crippen molar-refractivity contribution in [2.75, 3.05) is 0 Å². The molecule has 0 atom stereocenters. The van der Waals surface area contributed by atoms with Crippen molar-refractivity contribution in [3.05, 3.63) is 33.3 Å². The number of H-pyrrole nitrogens is 2. The van der Waals surface area contributed by atoms with Gasteiger partial charge in [-0.3, -0.25) is 15.0 Å². The summed E-state index contributed by atoms with van der Waals surface area (Å²) in [5.41, 5.74) is -0.290. The van der Waals surface area contributed by atoms with Crippen molar-refractivity contribution < 1.29 is 4.39 Å². The maximum absolute atomic E-state index is 12.9. The molecule has 2 rings (SSSR count). The van der Waals surface area contributed by atoms with Crippen molar-refractivity contribution in [2.24, 2.45) is 0 Å². The second kappa shape index (κ2) is 2.35. The summed E-state index contributed by atoms with van der Waals surface area (Å²) in [6.07, 6.45) is 0. The van der Waals surface area contributed by atoms with Gasteiger partial charge in [0, 0.05) is 0 Å². The Morgan fingerprint density at radius 1 is 1.33 bits per heavy atom. The molecule has 0 aliphatic heterocycles. The van der Waals surface area contributed by atoms with E-state index in [-0.39, 0.29) is 15.9 Å². The molecule has 0 radical (unpaired) electrons. The van der Waals surface area contributed by atoms with Gasteiger partial charge in [-0.15, -0.1) is 0 Å². The minimum Gasteiger partial charge on any atom is -0.295 e. The first-order chi connectivity index (χ1) is 5.70. The number of fused-ring (bicyclic) bond motifs is 1. The van der Waals surface area contributed by atoms with Crippen LogP contribution in [0.1, 0.15) is 0 Å². The number of rotatable bonds is 0. The first kappa shape index (κ1) is 7.36. The standard InChI is InChI=1S/C7H4ClFN2O/c8-3-1-2-4(9)6-5(3)7(12)11-10-6/h1-2H,(H2,10,11,12). The molecule has 3 nitrogen and oxygen atoms in total. The predicted octanol–water partition coefficient (Wildman–Crippen LogP) is 1.65. The Kier molecular flexibility index (Phi) is 1.44. The normalized spacial score (nSPS) is 10.8. The van der Waals surface area contributed by atoms with Gasteiger partial charge in [-0.2, -0.15) is 0 Å². The van der Waals surface area contributed by atoms with E-state index in [9.17, 15) is 9.18 Å². The lowest BCUT2D eigenvalue weighted by atomic mass is 10.2. The number of hydrogen-bond donors (Lipinski definition) is 2. The molecule has 2 aromatic rings. The monoisotopic (exact) mass is 186 g/mol. The maximum Gasteiger partial charge on any atom is 0.273 e. The Bertz CT molecular complexity index is 488. The zero-order valence-electron chi connectivity index (χ0n) is 5.82. The minimum absolute atomic E-state index is 0.118. The van der Waals surface area contributed by atoms with Gasteiger partial charge in [-0.05, 0) is 12.1 Å². The van der Waals surface area contributed by atoms with Crippen LogP contribution in [0.15, 0.2) is 16.9 Å². The zero-order valence-corrected chi connectivity index (χ0v) is 6.57. The Labute approximate surface area is 71.1 Å². The SMILES string of the molecule is O=c1[nH][nH]c2c(F)ccc(Cl)c12. The molecular weight excluding hydrogens is 183 g/mol. The van der Waals surface area contributed by atoms with Crippen molar-refractivity contribution in [2.45, 2.75) is 0 Å². The fourth-order valence-electron chi connectivity index (χ4n) is 1.08. The third-order valence-corrected chi connectivity index (χ3v) is 1.95. The van der Waals surface area contributed by atoms with Crippen LogP contribution < -0.4 is 5.56 Å². The topological polar surface area (TPSA) is 48.6 Å².